The highest BCUT2D eigenvalue weighted by Crippen LogP contribution is 2.25. The smallest absolute Gasteiger partial charge is 0.0702 e. The molecule has 0 aliphatic rings. The Labute approximate surface area is 94.3 Å². The summed E-state index contributed by atoms with van der Waals surface area (Å²) in [5.41, 5.74) is 15.5. The molecular weight excluding hydrogens is 200 g/mol. The highest BCUT2D eigenvalue weighted by molar-refractivity contribution is 5.70. The molecule has 0 aliphatic heterocycles. The van der Waals surface area contributed by atoms with Crippen molar-refractivity contribution < 1.29 is 5.11 Å². The zero-order valence-electron chi connectivity index (χ0n) is 8.85. The van der Waals surface area contributed by atoms with E-state index in [1.165, 1.54) is 0 Å². The maximum atomic E-state index is 9.14. The van der Waals surface area contributed by atoms with Gasteiger partial charge in [0.25, 0.3) is 0 Å². The fourth-order valence-electron chi connectivity index (χ4n) is 1.64. The van der Waals surface area contributed by atoms with Crippen LogP contribution in [0.1, 0.15) is 5.56 Å². The summed E-state index contributed by atoms with van der Waals surface area (Å²) in [4.78, 5) is 0. The van der Waals surface area contributed by atoms with E-state index in [1.807, 2.05) is 36.4 Å². The molecule has 0 aliphatic carbocycles. The third-order valence-corrected chi connectivity index (χ3v) is 2.53. The molecule has 0 unspecified atom stereocenters. The maximum Gasteiger partial charge on any atom is 0.0702 e. The van der Waals surface area contributed by atoms with Crippen molar-refractivity contribution in [1.82, 2.24) is 0 Å². The van der Waals surface area contributed by atoms with Crippen molar-refractivity contribution in [1.29, 1.82) is 0 Å². The van der Waals surface area contributed by atoms with Gasteiger partial charge in [-0.2, -0.15) is 0 Å². The van der Waals surface area contributed by atoms with Gasteiger partial charge in [0.15, 0.2) is 0 Å². The molecule has 16 heavy (non-hydrogen) atoms. The summed E-state index contributed by atoms with van der Waals surface area (Å²) in [5.74, 6) is 0. The zero-order valence-corrected chi connectivity index (χ0v) is 8.85. The second-order valence-electron chi connectivity index (χ2n) is 3.70. The van der Waals surface area contributed by atoms with Crippen LogP contribution >= 0.6 is 0 Å². The van der Waals surface area contributed by atoms with Crippen LogP contribution in [0.4, 0.5) is 11.4 Å². The van der Waals surface area contributed by atoms with Crippen molar-refractivity contribution in [3.05, 3.63) is 48.0 Å². The topological polar surface area (TPSA) is 72.3 Å². The Kier molecular flexibility index (Phi) is 2.79. The van der Waals surface area contributed by atoms with Crippen LogP contribution in [0.3, 0.4) is 0 Å². The van der Waals surface area contributed by atoms with Gasteiger partial charge in [0.1, 0.15) is 0 Å². The minimum absolute atomic E-state index is 0.0536. The van der Waals surface area contributed by atoms with E-state index in [-0.39, 0.29) is 6.61 Å². The first-order valence-corrected chi connectivity index (χ1v) is 5.06. The number of nitrogen functional groups attached to an aromatic ring is 2. The Hall–Kier alpha value is -2.00. The summed E-state index contributed by atoms with van der Waals surface area (Å²) >= 11 is 0. The normalized spacial score (nSPS) is 10.3. The second-order valence-corrected chi connectivity index (χ2v) is 3.70. The van der Waals surface area contributed by atoms with Gasteiger partial charge in [0.05, 0.1) is 6.61 Å². The molecule has 0 saturated heterocycles. The molecule has 0 atom stereocenters. The number of aliphatic hydroxyl groups excluding tert-OH is 1. The van der Waals surface area contributed by atoms with E-state index in [2.05, 4.69) is 0 Å². The fourth-order valence-corrected chi connectivity index (χ4v) is 1.64. The third kappa shape index (κ3) is 1.99. The first-order valence-electron chi connectivity index (χ1n) is 5.06. The maximum absolute atomic E-state index is 9.14. The van der Waals surface area contributed by atoms with E-state index in [1.54, 1.807) is 6.07 Å². The van der Waals surface area contributed by atoms with E-state index in [0.717, 1.165) is 22.4 Å². The number of hydrogen-bond donors (Lipinski definition) is 3. The van der Waals surface area contributed by atoms with Crippen LogP contribution in [0.15, 0.2) is 42.5 Å². The number of hydrogen-bond acceptors (Lipinski definition) is 3. The Balaban J connectivity index is 2.48. The lowest BCUT2D eigenvalue weighted by Gasteiger charge is -2.07. The van der Waals surface area contributed by atoms with Crippen LogP contribution in [0.5, 0.6) is 0 Å². The first-order chi connectivity index (χ1) is 7.70. The Morgan fingerprint density at radius 3 is 2.38 bits per heavy atom. The largest absolute Gasteiger partial charge is 0.399 e. The number of nitrogens with two attached hydrogens (primary N) is 2. The molecule has 0 radical (unpaired) electrons. The minimum atomic E-state index is -0.0536. The van der Waals surface area contributed by atoms with Crippen molar-refractivity contribution in [2.24, 2.45) is 0 Å². The Bertz CT molecular complexity index is 509. The van der Waals surface area contributed by atoms with Crippen molar-refractivity contribution in [3.63, 3.8) is 0 Å². The van der Waals surface area contributed by atoms with E-state index < -0.39 is 0 Å². The average Bonchev–Trinajstić information content (AvgIpc) is 2.29. The standard InChI is InChI=1S/C13H14N2O/c14-12-3-1-2-9(7-12)10-4-5-13(15)11(6-10)8-16/h1-7,16H,8,14-15H2. The predicted molar refractivity (Wildman–Crippen MR) is 66.6 cm³/mol. The van der Waals surface area contributed by atoms with Gasteiger partial charge in [-0.25, -0.2) is 0 Å². The van der Waals surface area contributed by atoms with Gasteiger partial charge >= 0.3 is 0 Å². The molecule has 0 aromatic heterocycles. The lowest BCUT2D eigenvalue weighted by molar-refractivity contribution is 0.282. The molecule has 0 spiro atoms. The van der Waals surface area contributed by atoms with E-state index in [9.17, 15) is 0 Å². The first kappa shape index (κ1) is 10.5. The number of aliphatic hydroxyl groups is 1. The lowest BCUT2D eigenvalue weighted by atomic mass is 10.0. The number of anilines is 2. The molecule has 0 saturated carbocycles. The van der Waals surface area contributed by atoms with E-state index in [4.69, 9.17) is 16.6 Å². The second kappa shape index (κ2) is 4.24. The Morgan fingerprint density at radius 2 is 1.69 bits per heavy atom. The highest BCUT2D eigenvalue weighted by Gasteiger charge is 2.02. The molecule has 3 nitrogen and oxygen atoms in total. The van der Waals surface area contributed by atoms with Crippen molar-refractivity contribution >= 4 is 11.4 Å². The third-order valence-electron chi connectivity index (χ3n) is 2.53. The average molecular weight is 214 g/mol. The van der Waals surface area contributed by atoms with Gasteiger partial charge in [-0.05, 0) is 35.4 Å². The summed E-state index contributed by atoms with van der Waals surface area (Å²) in [6.45, 7) is -0.0536. The van der Waals surface area contributed by atoms with Gasteiger partial charge in [-0.15, -0.1) is 0 Å². The number of benzene rings is 2. The molecule has 0 heterocycles. The quantitative estimate of drug-likeness (QED) is 0.669. The molecule has 2 aromatic rings. The van der Waals surface area contributed by atoms with Gasteiger partial charge in [0.2, 0.25) is 0 Å². The molecule has 2 rings (SSSR count). The summed E-state index contributed by atoms with van der Waals surface area (Å²) in [5, 5.41) is 9.14. The molecular formula is C13H14N2O. The van der Waals surface area contributed by atoms with E-state index in [0.29, 0.717) is 5.69 Å². The van der Waals surface area contributed by atoms with Crippen molar-refractivity contribution in [3.8, 4) is 11.1 Å². The summed E-state index contributed by atoms with van der Waals surface area (Å²) in [7, 11) is 0. The number of rotatable bonds is 2. The fraction of sp³-hybridized carbons (Fsp3) is 0.0769. The van der Waals surface area contributed by atoms with Gasteiger partial charge < -0.3 is 16.6 Å². The van der Waals surface area contributed by atoms with Gasteiger partial charge in [0, 0.05) is 16.9 Å². The lowest BCUT2D eigenvalue weighted by Crippen LogP contribution is -1.94. The van der Waals surface area contributed by atoms with Crippen LogP contribution in [0.25, 0.3) is 11.1 Å². The predicted octanol–water partition coefficient (Wildman–Crippen LogP) is 2.01. The van der Waals surface area contributed by atoms with Gasteiger partial charge in [-0.3, -0.25) is 0 Å². The molecule has 0 bridgehead atoms. The van der Waals surface area contributed by atoms with Crippen LogP contribution in [-0.4, -0.2) is 5.11 Å². The van der Waals surface area contributed by atoms with Gasteiger partial charge in [-0.1, -0.05) is 18.2 Å². The van der Waals surface area contributed by atoms with Crippen LogP contribution in [-0.2, 0) is 6.61 Å². The zero-order chi connectivity index (χ0) is 11.5. The SMILES string of the molecule is Nc1cccc(-c2ccc(N)c(CO)c2)c1. The summed E-state index contributed by atoms with van der Waals surface area (Å²) < 4.78 is 0. The molecule has 0 fully saturated rings. The molecule has 5 N–H and O–H groups in total. The molecule has 2 aromatic carbocycles. The highest BCUT2D eigenvalue weighted by atomic mass is 16.3. The van der Waals surface area contributed by atoms with Crippen LogP contribution < -0.4 is 11.5 Å². The minimum Gasteiger partial charge on any atom is -0.399 e. The van der Waals surface area contributed by atoms with E-state index >= 15 is 0 Å². The molecule has 0 amide bonds. The van der Waals surface area contributed by atoms with Crippen molar-refractivity contribution in [2.75, 3.05) is 11.5 Å². The van der Waals surface area contributed by atoms with Crippen LogP contribution in [0.2, 0.25) is 0 Å². The molecule has 82 valence electrons. The summed E-state index contributed by atoms with van der Waals surface area (Å²) in [6, 6.07) is 13.2. The van der Waals surface area contributed by atoms with Crippen LogP contribution in [0, 0.1) is 0 Å². The monoisotopic (exact) mass is 214 g/mol. The van der Waals surface area contributed by atoms with Crippen molar-refractivity contribution in [2.45, 2.75) is 6.61 Å². The summed E-state index contributed by atoms with van der Waals surface area (Å²) in [6.07, 6.45) is 0. The molecule has 3 heteroatoms. The Morgan fingerprint density at radius 1 is 0.938 bits per heavy atom.